The van der Waals surface area contributed by atoms with Gasteiger partial charge in [-0.1, -0.05) is 44.0 Å². The molecule has 2 bridgehead atoms. The molecule has 2 aromatic rings. The minimum Gasteiger partial charge on any atom is -0.497 e. The maximum atomic E-state index is 6.43. The zero-order valence-electron chi connectivity index (χ0n) is 17.7. The van der Waals surface area contributed by atoms with Crippen LogP contribution in [-0.4, -0.2) is 24.4 Å². The lowest BCUT2D eigenvalue weighted by molar-refractivity contribution is -0.109. The van der Waals surface area contributed by atoms with Crippen LogP contribution in [0.15, 0.2) is 47.5 Å². The van der Waals surface area contributed by atoms with Crippen LogP contribution in [0.1, 0.15) is 61.3 Å². The van der Waals surface area contributed by atoms with E-state index >= 15 is 0 Å². The third-order valence-electron chi connectivity index (χ3n) is 7.50. The predicted octanol–water partition coefficient (Wildman–Crippen LogP) is 4.93. The SMILES string of the molecule is CCCC[C@H]1Cc2cc(OC)ccc2C(c2ccc(CC3C4CC3(N)C4)cc2)=N1. The number of rotatable bonds is 7. The van der Waals surface area contributed by atoms with Gasteiger partial charge in [-0.2, -0.15) is 0 Å². The molecule has 0 radical (unpaired) electrons. The Hall–Kier alpha value is -2.13. The number of nitrogens with zero attached hydrogens (tertiary/aromatic N) is 1. The fraction of sp³-hybridized carbons (Fsp3) is 0.500. The van der Waals surface area contributed by atoms with Crippen molar-refractivity contribution in [2.75, 3.05) is 7.11 Å². The highest BCUT2D eigenvalue weighted by atomic mass is 16.5. The number of unbranched alkanes of at least 4 members (excludes halogenated alkanes) is 1. The van der Waals surface area contributed by atoms with Gasteiger partial charge in [0, 0.05) is 16.7 Å². The van der Waals surface area contributed by atoms with E-state index in [0.29, 0.717) is 12.0 Å². The number of hydrogen-bond acceptors (Lipinski definition) is 3. The molecule has 3 fully saturated rings. The molecule has 3 heteroatoms. The van der Waals surface area contributed by atoms with Gasteiger partial charge in [0.05, 0.1) is 18.9 Å². The first-order valence-corrected chi connectivity index (χ1v) is 11.2. The van der Waals surface area contributed by atoms with Gasteiger partial charge >= 0.3 is 0 Å². The van der Waals surface area contributed by atoms with Crippen LogP contribution in [0.2, 0.25) is 0 Å². The molecule has 0 spiro atoms. The van der Waals surface area contributed by atoms with Crippen molar-refractivity contribution in [1.82, 2.24) is 0 Å². The second-order valence-corrected chi connectivity index (χ2v) is 9.41. The van der Waals surface area contributed by atoms with Crippen molar-refractivity contribution in [2.24, 2.45) is 22.6 Å². The molecule has 3 nitrogen and oxygen atoms in total. The molecule has 0 aromatic heterocycles. The highest BCUT2D eigenvalue weighted by Gasteiger charge is 2.62. The number of ether oxygens (including phenoxy) is 1. The van der Waals surface area contributed by atoms with Gasteiger partial charge in [-0.25, -0.2) is 0 Å². The zero-order valence-corrected chi connectivity index (χ0v) is 17.7. The minimum absolute atomic E-state index is 0.154. The van der Waals surface area contributed by atoms with Crippen LogP contribution in [0.25, 0.3) is 0 Å². The largest absolute Gasteiger partial charge is 0.497 e. The molecule has 3 aliphatic carbocycles. The summed E-state index contributed by atoms with van der Waals surface area (Å²) in [6.07, 6.45) is 8.21. The van der Waals surface area contributed by atoms with E-state index in [1.807, 2.05) is 0 Å². The number of hydrogen-bond donors (Lipinski definition) is 1. The summed E-state index contributed by atoms with van der Waals surface area (Å²) in [6.45, 7) is 2.25. The minimum atomic E-state index is 0.154. The maximum absolute atomic E-state index is 6.43. The first-order valence-electron chi connectivity index (χ1n) is 11.2. The molecule has 1 aliphatic heterocycles. The average molecular weight is 389 g/mol. The molecule has 6 rings (SSSR count). The number of aliphatic imine (C=N–C) groups is 1. The van der Waals surface area contributed by atoms with Gasteiger partial charge < -0.3 is 10.5 Å². The van der Waals surface area contributed by atoms with Gasteiger partial charge in [-0.15, -0.1) is 0 Å². The molecule has 2 N–H and O–H groups in total. The monoisotopic (exact) mass is 388 g/mol. The van der Waals surface area contributed by atoms with Crippen molar-refractivity contribution in [3.63, 3.8) is 0 Å². The lowest BCUT2D eigenvalue weighted by atomic mass is 9.42. The van der Waals surface area contributed by atoms with E-state index in [1.165, 1.54) is 47.9 Å². The first kappa shape index (κ1) is 18.9. The summed E-state index contributed by atoms with van der Waals surface area (Å²) in [5.74, 6) is 2.51. The summed E-state index contributed by atoms with van der Waals surface area (Å²) in [4.78, 5) is 5.19. The molecule has 2 atom stereocenters. The molecule has 4 aliphatic rings. The number of benzene rings is 2. The van der Waals surface area contributed by atoms with Crippen molar-refractivity contribution in [1.29, 1.82) is 0 Å². The van der Waals surface area contributed by atoms with E-state index in [4.69, 9.17) is 15.5 Å². The van der Waals surface area contributed by atoms with Gasteiger partial charge in [-0.05, 0) is 73.3 Å². The molecular weight excluding hydrogens is 356 g/mol. The van der Waals surface area contributed by atoms with Crippen LogP contribution in [0.4, 0.5) is 0 Å². The predicted molar refractivity (Wildman–Crippen MR) is 119 cm³/mol. The highest BCUT2D eigenvalue weighted by molar-refractivity contribution is 6.14. The molecule has 152 valence electrons. The van der Waals surface area contributed by atoms with Crippen molar-refractivity contribution in [3.8, 4) is 5.75 Å². The van der Waals surface area contributed by atoms with Crippen LogP contribution in [-0.2, 0) is 12.8 Å². The highest BCUT2D eigenvalue weighted by Crippen LogP contribution is 2.61. The fourth-order valence-corrected chi connectivity index (χ4v) is 5.56. The van der Waals surface area contributed by atoms with Crippen molar-refractivity contribution in [2.45, 2.75) is 63.5 Å². The topological polar surface area (TPSA) is 47.6 Å². The van der Waals surface area contributed by atoms with Gasteiger partial charge in [0.15, 0.2) is 0 Å². The molecule has 29 heavy (non-hydrogen) atoms. The first-order chi connectivity index (χ1) is 14.1. The normalized spacial score (nSPS) is 29.3. The molecule has 2 aromatic carbocycles. The smallest absolute Gasteiger partial charge is 0.119 e. The number of fused-ring (bicyclic) bond motifs is 1. The molecule has 3 saturated carbocycles. The number of methoxy groups -OCH3 is 1. The third-order valence-corrected chi connectivity index (χ3v) is 7.50. The van der Waals surface area contributed by atoms with Crippen LogP contribution in [0, 0.1) is 11.8 Å². The van der Waals surface area contributed by atoms with Crippen LogP contribution in [0.5, 0.6) is 5.75 Å². The lowest BCUT2D eigenvalue weighted by Gasteiger charge is -2.67. The fourth-order valence-electron chi connectivity index (χ4n) is 5.56. The molecule has 0 amide bonds. The van der Waals surface area contributed by atoms with E-state index in [-0.39, 0.29) is 5.54 Å². The Morgan fingerprint density at radius 1 is 1.14 bits per heavy atom. The summed E-state index contributed by atoms with van der Waals surface area (Å²) in [6, 6.07) is 15.9. The molecule has 1 unspecified atom stereocenters. The van der Waals surface area contributed by atoms with E-state index < -0.39 is 0 Å². The summed E-state index contributed by atoms with van der Waals surface area (Å²) in [7, 11) is 1.74. The van der Waals surface area contributed by atoms with Crippen LogP contribution < -0.4 is 10.5 Å². The third kappa shape index (κ3) is 3.30. The van der Waals surface area contributed by atoms with Gasteiger partial charge in [0.25, 0.3) is 0 Å². The Morgan fingerprint density at radius 2 is 1.93 bits per heavy atom. The van der Waals surface area contributed by atoms with Gasteiger partial charge in [-0.3, -0.25) is 4.99 Å². The van der Waals surface area contributed by atoms with E-state index in [0.717, 1.165) is 36.6 Å². The quantitative estimate of drug-likeness (QED) is 0.731. The Labute approximate surface area is 174 Å². The Kier molecular flexibility index (Phi) is 4.74. The maximum Gasteiger partial charge on any atom is 0.119 e. The van der Waals surface area contributed by atoms with E-state index in [9.17, 15) is 0 Å². The van der Waals surface area contributed by atoms with Gasteiger partial charge in [0.1, 0.15) is 5.75 Å². The second-order valence-electron chi connectivity index (χ2n) is 9.41. The molecule has 0 saturated heterocycles. The summed E-state index contributed by atoms with van der Waals surface area (Å²) < 4.78 is 5.48. The van der Waals surface area contributed by atoms with Crippen LogP contribution in [0.3, 0.4) is 0 Å². The Balaban J connectivity index is 1.40. The number of nitrogens with two attached hydrogens (primary N) is 1. The standard InChI is InChI=1S/C26H32N2O/c1-3-4-5-21-13-19-14-22(29-2)10-11-23(19)25(28-21)18-8-6-17(7-9-18)12-24-20-15-26(24,27)16-20/h6-11,14,20-21,24H,3-5,12-13,15-16,27H2,1-2H3/t20?,21-,24?,26?/m0/s1. The zero-order chi connectivity index (χ0) is 20.0. The Morgan fingerprint density at radius 3 is 2.55 bits per heavy atom. The summed E-state index contributed by atoms with van der Waals surface area (Å²) in [5.41, 5.74) is 13.0. The van der Waals surface area contributed by atoms with Crippen molar-refractivity contribution >= 4 is 5.71 Å². The molecule has 1 heterocycles. The van der Waals surface area contributed by atoms with Crippen molar-refractivity contribution in [3.05, 3.63) is 64.7 Å². The van der Waals surface area contributed by atoms with Crippen molar-refractivity contribution < 1.29 is 4.74 Å². The van der Waals surface area contributed by atoms with E-state index in [1.54, 1.807) is 7.11 Å². The second kappa shape index (κ2) is 7.28. The van der Waals surface area contributed by atoms with Gasteiger partial charge in [0.2, 0.25) is 0 Å². The molecular formula is C26H32N2O. The lowest BCUT2D eigenvalue weighted by Crippen LogP contribution is -2.73. The Bertz CT molecular complexity index is 924. The van der Waals surface area contributed by atoms with E-state index in [2.05, 4.69) is 49.4 Å². The average Bonchev–Trinajstić information content (AvgIpc) is 2.74. The van der Waals surface area contributed by atoms with Crippen LogP contribution >= 0.6 is 0 Å². The summed E-state index contributed by atoms with van der Waals surface area (Å²) >= 11 is 0. The summed E-state index contributed by atoms with van der Waals surface area (Å²) in [5, 5.41) is 0.